The summed E-state index contributed by atoms with van der Waals surface area (Å²) in [6.45, 7) is 1.14. The second kappa shape index (κ2) is 5.75. The molecule has 1 aliphatic rings. The summed E-state index contributed by atoms with van der Waals surface area (Å²) >= 11 is 0. The van der Waals surface area contributed by atoms with E-state index in [9.17, 15) is 13.2 Å². The minimum absolute atomic E-state index is 0.0471. The summed E-state index contributed by atoms with van der Waals surface area (Å²) in [4.78, 5) is 5.95. The average molecular weight is 274 g/mol. The molecular formula is C12H17F3N4. The molecule has 2 rings (SSSR count). The van der Waals surface area contributed by atoms with Gasteiger partial charge in [0.2, 0.25) is 0 Å². The third kappa shape index (κ3) is 3.81. The van der Waals surface area contributed by atoms with Gasteiger partial charge in [-0.2, -0.15) is 13.2 Å². The Labute approximate surface area is 109 Å². The molecule has 1 aromatic heterocycles. The summed E-state index contributed by atoms with van der Waals surface area (Å²) in [5.41, 5.74) is 3.92. The Kier molecular flexibility index (Phi) is 4.26. The Morgan fingerprint density at radius 3 is 2.95 bits per heavy atom. The maximum atomic E-state index is 12.7. The van der Waals surface area contributed by atoms with Gasteiger partial charge < -0.3 is 5.43 Å². The molecule has 1 aliphatic heterocycles. The van der Waals surface area contributed by atoms with Gasteiger partial charge in [0.05, 0.1) is 17.3 Å². The molecule has 1 aromatic rings. The molecule has 0 aliphatic carbocycles. The molecule has 7 heteroatoms. The van der Waals surface area contributed by atoms with Crippen LogP contribution >= 0.6 is 0 Å². The van der Waals surface area contributed by atoms with E-state index in [2.05, 4.69) is 10.4 Å². The molecule has 106 valence electrons. The molecule has 0 amide bonds. The molecule has 0 radical (unpaired) electrons. The van der Waals surface area contributed by atoms with Gasteiger partial charge in [-0.15, -0.1) is 0 Å². The highest BCUT2D eigenvalue weighted by atomic mass is 19.4. The predicted molar refractivity (Wildman–Crippen MR) is 66.1 cm³/mol. The van der Waals surface area contributed by atoms with Crippen molar-refractivity contribution in [2.45, 2.75) is 25.6 Å². The van der Waals surface area contributed by atoms with Crippen molar-refractivity contribution < 1.29 is 13.2 Å². The normalized spacial score (nSPS) is 21.4. The van der Waals surface area contributed by atoms with Crippen LogP contribution in [0.4, 0.5) is 18.9 Å². The van der Waals surface area contributed by atoms with Gasteiger partial charge in [-0.25, -0.2) is 0 Å². The maximum Gasteiger partial charge on any atom is 0.393 e. The van der Waals surface area contributed by atoms with Crippen molar-refractivity contribution >= 4 is 5.69 Å². The smallest absolute Gasteiger partial charge is 0.324 e. The van der Waals surface area contributed by atoms with Crippen LogP contribution in [0.3, 0.4) is 0 Å². The summed E-state index contributed by atoms with van der Waals surface area (Å²) in [6, 6.07) is 3.45. The molecule has 1 saturated heterocycles. The van der Waals surface area contributed by atoms with Crippen LogP contribution in [0.2, 0.25) is 0 Å². The van der Waals surface area contributed by atoms with Crippen molar-refractivity contribution in [3.05, 3.63) is 24.0 Å². The highest BCUT2D eigenvalue weighted by Gasteiger charge is 2.41. The quantitative estimate of drug-likeness (QED) is 0.655. The first kappa shape index (κ1) is 14.1. The first-order chi connectivity index (χ1) is 8.99. The van der Waals surface area contributed by atoms with Gasteiger partial charge >= 0.3 is 6.18 Å². The molecule has 3 N–H and O–H groups in total. The van der Waals surface area contributed by atoms with Crippen molar-refractivity contribution in [1.82, 2.24) is 9.88 Å². The van der Waals surface area contributed by atoms with E-state index < -0.39 is 12.1 Å². The zero-order valence-corrected chi connectivity index (χ0v) is 10.5. The van der Waals surface area contributed by atoms with Gasteiger partial charge in [0.1, 0.15) is 0 Å². The van der Waals surface area contributed by atoms with E-state index in [4.69, 9.17) is 5.84 Å². The zero-order valence-electron chi connectivity index (χ0n) is 10.5. The third-order valence-electron chi connectivity index (χ3n) is 3.34. The fourth-order valence-corrected chi connectivity index (χ4v) is 2.35. The average Bonchev–Trinajstić information content (AvgIpc) is 2.38. The molecule has 1 unspecified atom stereocenters. The van der Waals surface area contributed by atoms with Crippen LogP contribution in [0.25, 0.3) is 0 Å². The summed E-state index contributed by atoms with van der Waals surface area (Å²) < 4.78 is 38.1. The number of nitrogens with zero attached hydrogens (tertiary/aromatic N) is 2. The summed E-state index contributed by atoms with van der Waals surface area (Å²) in [5.74, 6) is 4.07. The van der Waals surface area contributed by atoms with E-state index in [-0.39, 0.29) is 13.0 Å². The first-order valence-corrected chi connectivity index (χ1v) is 6.19. The van der Waals surface area contributed by atoms with Crippen molar-refractivity contribution in [3.63, 3.8) is 0 Å². The van der Waals surface area contributed by atoms with E-state index in [1.54, 1.807) is 23.2 Å². The molecule has 0 spiro atoms. The number of nitrogens with one attached hydrogen (secondary N) is 1. The summed E-state index contributed by atoms with van der Waals surface area (Å²) in [7, 11) is 0. The van der Waals surface area contributed by atoms with Crippen molar-refractivity contribution in [2.75, 3.05) is 18.5 Å². The largest absolute Gasteiger partial charge is 0.393 e. The van der Waals surface area contributed by atoms with Gasteiger partial charge in [0.15, 0.2) is 0 Å². The van der Waals surface area contributed by atoms with E-state index in [0.29, 0.717) is 25.2 Å². The van der Waals surface area contributed by atoms with Gasteiger partial charge in [-0.1, -0.05) is 0 Å². The predicted octanol–water partition coefficient (Wildman–Crippen LogP) is 2.14. The van der Waals surface area contributed by atoms with E-state index >= 15 is 0 Å². The van der Waals surface area contributed by atoms with Crippen LogP contribution in [0.15, 0.2) is 18.3 Å². The molecule has 4 nitrogen and oxygen atoms in total. The lowest BCUT2D eigenvalue weighted by Crippen LogP contribution is -2.41. The standard InChI is InChI=1S/C12H17F3N4/c13-12(14,15)9-2-1-5-19(7-9)8-11-6-10(18-16)3-4-17-11/h3-4,6,9H,1-2,5,7-8,16H2,(H,17,18). The monoisotopic (exact) mass is 274 g/mol. The molecule has 0 saturated carbocycles. The number of nitrogen functional groups attached to an aromatic ring is 1. The van der Waals surface area contributed by atoms with E-state index in [0.717, 1.165) is 5.69 Å². The van der Waals surface area contributed by atoms with Gasteiger partial charge in [0, 0.05) is 19.3 Å². The second-order valence-electron chi connectivity index (χ2n) is 4.80. The molecule has 19 heavy (non-hydrogen) atoms. The molecule has 1 fully saturated rings. The number of aromatic nitrogens is 1. The van der Waals surface area contributed by atoms with Crippen molar-refractivity contribution in [1.29, 1.82) is 0 Å². The number of nitrogens with two attached hydrogens (primary N) is 1. The van der Waals surface area contributed by atoms with Crippen LogP contribution in [0, 0.1) is 5.92 Å². The van der Waals surface area contributed by atoms with Crippen molar-refractivity contribution in [3.8, 4) is 0 Å². The molecule has 0 bridgehead atoms. The SMILES string of the molecule is NNc1ccnc(CN2CCCC(C(F)(F)F)C2)c1. The first-order valence-electron chi connectivity index (χ1n) is 6.19. The molecule has 2 heterocycles. The number of rotatable bonds is 3. The van der Waals surface area contributed by atoms with Crippen LogP contribution in [-0.2, 0) is 6.54 Å². The lowest BCUT2D eigenvalue weighted by molar-refractivity contribution is -0.187. The topological polar surface area (TPSA) is 54.2 Å². The Balaban J connectivity index is 1.98. The van der Waals surface area contributed by atoms with Gasteiger partial charge in [0.25, 0.3) is 0 Å². The Bertz CT molecular complexity index is 422. The Morgan fingerprint density at radius 1 is 1.47 bits per heavy atom. The molecular weight excluding hydrogens is 257 g/mol. The number of pyridine rings is 1. The van der Waals surface area contributed by atoms with Crippen molar-refractivity contribution in [2.24, 2.45) is 11.8 Å². The highest BCUT2D eigenvalue weighted by Crippen LogP contribution is 2.33. The van der Waals surface area contributed by atoms with Gasteiger partial charge in [-0.3, -0.25) is 15.7 Å². The maximum absolute atomic E-state index is 12.7. The fourth-order valence-electron chi connectivity index (χ4n) is 2.35. The highest BCUT2D eigenvalue weighted by molar-refractivity contribution is 5.41. The minimum atomic E-state index is -4.10. The number of anilines is 1. The zero-order chi connectivity index (χ0) is 13.9. The molecule has 0 aromatic carbocycles. The fraction of sp³-hybridized carbons (Fsp3) is 0.583. The number of hydrogen-bond acceptors (Lipinski definition) is 4. The number of hydrazine groups is 1. The number of alkyl halides is 3. The third-order valence-corrected chi connectivity index (χ3v) is 3.34. The number of hydrogen-bond donors (Lipinski definition) is 2. The lowest BCUT2D eigenvalue weighted by atomic mass is 9.97. The van der Waals surface area contributed by atoms with E-state index in [1.165, 1.54) is 0 Å². The number of likely N-dealkylation sites (tertiary alicyclic amines) is 1. The van der Waals surface area contributed by atoms with Crippen LogP contribution in [0.5, 0.6) is 0 Å². The molecule has 1 atom stereocenters. The Morgan fingerprint density at radius 2 is 2.26 bits per heavy atom. The van der Waals surface area contributed by atoms with Crippen LogP contribution in [-0.4, -0.2) is 29.1 Å². The van der Waals surface area contributed by atoms with Crippen LogP contribution in [0.1, 0.15) is 18.5 Å². The Hall–Kier alpha value is -1.34. The van der Waals surface area contributed by atoms with E-state index in [1.807, 2.05) is 0 Å². The summed E-state index contributed by atoms with van der Waals surface area (Å²) in [6.07, 6.45) is -1.72. The lowest BCUT2D eigenvalue weighted by Gasteiger charge is -2.33. The second-order valence-corrected chi connectivity index (χ2v) is 4.80. The van der Waals surface area contributed by atoms with Crippen LogP contribution < -0.4 is 11.3 Å². The number of halogens is 3. The minimum Gasteiger partial charge on any atom is -0.324 e. The number of piperidine rings is 1. The van der Waals surface area contributed by atoms with Gasteiger partial charge in [-0.05, 0) is 31.5 Å². The summed E-state index contributed by atoms with van der Waals surface area (Å²) in [5, 5.41) is 0.